The summed E-state index contributed by atoms with van der Waals surface area (Å²) in [5.74, 6) is -0.619. The largest absolute Gasteiger partial charge is 0.481 e. The topological polar surface area (TPSA) is 57.6 Å². The van der Waals surface area contributed by atoms with Gasteiger partial charge in [-0.25, -0.2) is 0 Å². The number of ketones is 1. The molecule has 0 aromatic rings. The Balaban J connectivity index is 2.39. The first-order valence-electron chi connectivity index (χ1n) is 6.06. The van der Waals surface area contributed by atoms with Crippen molar-refractivity contribution in [3.8, 4) is 0 Å². The Morgan fingerprint density at radius 2 is 2.00 bits per heavy atom. The zero-order valence-corrected chi connectivity index (χ0v) is 10.1. The molecule has 1 atom stereocenters. The van der Waals surface area contributed by atoms with Gasteiger partial charge >= 0.3 is 5.97 Å². The van der Waals surface area contributed by atoms with Crippen LogP contribution in [0.1, 0.15) is 33.1 Å². The maximum absolute atomic E-state index is 11.8. The maximum Gasteiger partial charge on any atom is 0.307 e. The van der Waals surface area contributed by atoms with Crippen molar-refractivity contribution in [3.63, 3.8) is 0 Å². The molecule has 0 aromatic carbocycles. The minimum absolute atomic E-state index is 0.142. The summed E-state index contributed by atoms with van der Waals surface area (Å²) in [6, 6.07) is 0. The van der Waals surface area contributed by atoms with Crippen LogP contribution in [0.2, 0.25) is 0 Å². The van der Waals surface area contributed by atoms with E-state index in [1.807, 2.05) is 18.7 Å². The van der Waals surface area contributed by atoms with Crippen LogP contribution in [0.15, 0.2) is 0 Å². The predicted molar refractivity (Wildman–Crippen MR) is 61.3 cm³/mol. The van der Waals surface area contributed by atoms with Crippen LogP contribution < -0.4 is 0 Å². The number of nitrogens with zero attached hydrogens (tertiary/aromatic N) is 1. The summed E-state index contributed by atoms with van der Waals surface area (Å²) >= 11 is 0. The number of carbonyl (C=O) groups is 2. The summed E-state index contributed by atoms with van der Waals surface area (Å²) in [6.45, 7) is 5.74. The van der Waals surface area contributed by atoms with E-state index in [9.17, 15) is 9.59 Å². The van der Waals surface area contributed by atoms with Gasteiger partial charge in [0.1, 0.15) is 5.78 Å². The van der Waals surface area contributed by atoms with Crippen molar-refractivity contribution in [3.05, 3.63) is 0 Å². The van der Waals surface area contributed by atoms with Crippen molar-refractivity contribution in [2.75, 3.05) is 19.6 Å². The Labute approximate surface area is 96.6 Å². The van der Waals surface area contributed by atoms with Crippen LogP contribution in [-0.4, -0.2) is 41.4 Å². The molecule has 1 heterocycles. The van der Waals surface area contributed by atoms with Gasteiger partial charge in [0.15, 0.2) is 0 Å². The van der Waals surface area contributed by atoms with E-state index in [0.717, 1.165) is 19.4 Å². The normalized spacial score (nSPS) is 21.6. The van der Waals surface area contributed by atoms with Crippen molar-refractivity contribution in [1.29, 1.82) is 0 Å². The van der Waals surface area contributed by atoms with E-state index in [4.69, 9.17) is 5.11 Å². The van der Waals surface area contributed by atoms with Gasteiger partial charge in [0.2, 0.25) is 0 Å². The fourth-order valence-corrected chi connectivity index (χ4v) is 2.27. The molecule has 1 fully saturated rings. The van der Waals surface area contributed by atoms with E-state index in [1.54, 1.807) is 0 Å². The van der Waals surface area contributed by atoms with Gasteiger partial charge in [-0.05, 0) is 25.8 Å². The number of likely N-dealkylation sites (tertiary alicyclic amines) is 1. The molecule has 0 amide bonds. The molecule has 1 N–H and O–H groups in total. The molecular weight excluding hydrogens is 206 g/mol. The summed E-state index contributed by atoms with van der Waals surface area (Å²) in [7, 11) is 0. The highest BCUT2D eigenvalue weighted by atomic mass is 16.4. The molecule has 4 nitrogen and oxygen atoms in total. The SMILES string of the molecule is CCC(CC)C(=O)CN1CCC(C(=O)O)C1. The third kappa shape index (κ3) is 3.30. The maximum atomic E-state index is 11.8. The Bertz CT molecular complexity index is 261. The summed E-state index contributed by atoms with van der Waals surface area (Å²) in [5, 5.41) is 8.86. The number of hydrogen-bond donors (Lipinski definition) is 1. The molecule has 92 valence electrons. The smallest absolute Gasteiger partial charge is 0.307 e. The molecule has 0 aliphatic carbocycles. The molecule has 1 aliphatic heterocycles. The highest BCUT2D eigenvalue weighted by Gasteiger charge is 2.29. The Morgan fingerprint density at radius 3 is 2.44 bits per heavy atom. The van der Waals surface area contributed by atoms with Gasteiger partial charge in [-0.3, -0.25) is 14.5 Å². The van der Waals surface area contributed by atoms with Gasteiger partial charge in [-0.15, -0.1) is 0 Å². The highest BCUT2D eigenvalue weighted by molar-refractivity contribution is 5.83. The van der Waals surface area contributed by atoms with Gasteiger partial charge in [-0.1, -0.05) is 13.8 Å². The van der Waals surface area contributed by atoms with E-state index in [-0.39, 0.29) is 17.6 Å². The number of rotatable bonds is 6. The van der Waals surface area contributed by atoms with Crippen molar-refractivity contribution >= 4 is 11.8 Å². The van der Waals surface area contributed by atoms with Crippen LogP contribution in [0.25, 0.3) is 0 Å². The van der Waals surface area contributed by atoms with E-state index in [2.05, 4.69) is 0 Å². The Hall–Kier alpha value is -0.900. The predicted octanol–water partition coefficient (Wildman–Crippen LogP) is 1.40. The van der Waals surface area contributed by atoms with Crippen molar-refractivity contribution < 1.29 is 14.7 Å². The van der Waals surface area contributed by atoms with Gasteiger partial charge < -0.3 is 5.11 Å². The summed E-state index contributed by atoms with van der Waals surface area (Å²) in [6.07, 6.45) is 2.43. The van der Waals surface area contributed by atoms with Crippen LogP contribution >= 0.6 is 0 Å². The van der Waals surface area contributed by atoms with Gasteiger partial charge in [-0.2, -0.15) is 0 Å². The molecule has 1 saturated heterocycles. The lowest BCUT2D eigenvalue weighted by atomic mass is 9.98. The molecule has 0 aromatic heterocycles. The van der Waals surface area contributed by atoms with E-state index < -0.39 is 5.97 Å². The molecule has 0 radical (unpaired) electrons. The fourth-order valence-electron chi connectivity index (χ4n) is 2.27. The monoisotopic (exact) mass is 227 g/mol. The van der Waals surface area contributed by atoms with Gasteiger partial charge in [0, 0.05) is 12.5 Å². The van der Waals surface area contributed by atoms with Crippen LogP contribution in [0.5, 0.6) is 0 Å². The number of Topliss-reactive ketones (excluding diaryl/α,β-unsaturated/α-hetero) is 1. The molecule has 1 aliphatic rings. The zero-order valence-electron chi connectivity index (χ0n) is 10.1. The molecule has 1 unspecified atom stereocenters. The quantitative estimate of drug-likeness (QED) is 0.745. The molecule has 4 heteroatoms. The molecule has 0 spiro atoms. The zero-order chi connectivity index (χ0) is 12.1. The molecule has 1 rings (SSSR count). The summed E-state index contributed by atoms with van der Waals surface area (Å²) in [5.41, 5.74) is 0. The fraction of sp³-hybridized carbons (Fsp3) is 0.833. The second kappa shape index (κ2) is 5.99. The van der Waals surface area contributed by atoms with Crippen LogP contribution in [-0.2, 0) is 9.59 Å². The average molecular weight is 227 g/mol. The first kappa shape index (κ1) is 13.2. The summed E-state index contributed by atoms with van der Waals surface area (Å²) < 4.78 is 0. The summed E-state index contributed by atoms with van der Waals surface area (Å²) in [4.78, 5) is 24.6. The minimum atomic E-state index is -0.738. The molecule has 16 heavy (non-hydrogen) atoms. The lowest BCUT2D eigenvalue weighted by Crippen LogP contribution is -2.32. The number of hydrogen-bond acceptors (Lipinski definition) is 3. The first-order valence-corrected chi connectivity index (χ1v) is 6.06. The van der Waals surface area contributed by atoms with Crippen LogP contribution in [0.3, 0.4) is 0 Å². The molecule has 0 bridgehead atoms. The third-order valence-electron chi connectivity index (χ3n) is 3.44. The van der Waals surface area contributed by atoms with E-state index in [0.29, 0.717) is 19.5 Å². The highest BCUT2D eigenvalue weighted by Crippen LogP contribution is 2.18. The van der Waals surface area contributed by atoms with Crippen molar-refractivity contribution in [2.45, 2.75) is 33.1 Å². The number of carbonyl (C=O) groups excluding carboxylic acids is 1. The first-order chi connectivity index (χ1) is 7.58. The molecule has 0 saturated carbocycles. The third-order valence-corrected chi connectivity index (χ3v) is 3.44. The van der Waals surface area contributed by atoms with Crippen molar-refractivity contribution in [1.82, 2.24) is 4.90 Å². The minimum Gasteiger partial charge on any atom is -0.481 e. The number of carboxylic acids is 1. The van der Waals surface area contributed by atoms with Gasteiger partial charge in [0.05, 0.1) is 12.5 Å². The number of aliphatic carboxylic acids is 1. The lowest BCUT2D eigenvalue weighted by molar-refractivity contribution is -0.141. The average Bonchev–Trinajstić information content (AvgIpc) is 2.68. The Kier molecular flexibility index (Phi) is 4.93. The Morgan fingerprint density at radius 1 is 1.38 bits per heavy atom. The van der Waals surface area contributed by atoms with Crippen LogP contribution in [0.4, 0.5) is 0 Å². The second-order valence-corrected chi connectivity index (χ2v) is 4.54. The van der Waals surface area contributed by atoms with Gasteiger partial charge in [0.25, 0.3) is 0 Å². The lowest BCUT2D eigenvalue weighted by Gasteiger charge is -2.18. The molecular formula is C12H21NO3. The second-order valence-electron chi connectivity index (χ2n) is 4.54. The van der Waals surface area contributed by atoms with Crippen molar-refractivity contribution in [2.24, 2.45) is 11.8 Å². The standard InChI is InChI=1S/C12H21NO3/c1-3-9(4-2)11(14)8-13-6-5-10(7-13)12(15)16/h9-10H,3-8H2,1-2H3,(H,15,16). The number of carboxylic acid groups (broad SMARTS) is 1. The van der Waals surface area contributed by atoms with E-state index >= 15 is 0 Å². The van der Waals surface area contributed by atoms with E-state index in [1.165, 1.54) is 0 Å². The van der Waals surface area contributed by atoms with Crippen LogP contribution in [0, 0.1) is 11.8 Å².